The lowest BCUT2D eigenvalue weighted by Crippen LogP contribution is -2.18. The first-order chi connectivity index (χ1) is 8.46. The van der Waals surface area contributed by atoms with Crippen molar-refractivity contribution in [2.45, 2.75) is 33.7 Å². The highest BCUT2D eigenvalue weighted by molar-refractivity contribution is 7.71. The van der Waals surface area contributed by atoms with Gasteiger partial charge in [0, 0.05) is 12.6 Å². The van der Waals surface area contributed by atoms with Gasteiger partial charge in [-0.25, -0.2) is 0 Å². The SMILES string of the molecule is CCC(C)(C)Cn1c(=S)[nH]c2ccc(OC)cc21. The number of hydrogen-bond donors (Lipinski definition) is 1. The molecule has 0 aliphatic heterocycles. The Labute approximate surface area is 113 Å². The Kier molecular flexibility index (Phi) is 3.48. The van der Waals surface area contributed by atoms with Crippen LogP contribution in [0.4, 0.5) is 0 Å². The zero-order valence-electron chi connectivity index (χ0n) is 11.4. The number of nitrogens with zero attached hydrogens (tertiary/aromatic N) is 1. The van der Waals surface area contributed by atoms with Gasteiger partial charge in [-0.3, -0.25) is 0 Å². The van der Waals surface area contributed by atoms with Crippen LogP contribution in [0.5, 0.6) is 5.75 Å². The zero-order chi connectivity index (χ0) is 13.3. The van der Waals surface area contributed by atoms with Gasteiger partial charge in [-0.2, -0.15) is 0 Å². The Bertz CT molecular complexity index is 610. The highest BCUT2D eigenvalue weighted by atomic mass is 32.1. The van der Waals surface area contributed by atoms with Crippen molar-refractivity contribution in [1.29, 1.82) is 0 Å². The van der Waals surface area contributed by atoms with Gasteiger partial charge in [0.2, 0.25) is 0 Å². The second-order valence-electron chi connectivity index (χ2n) is 5.42. The third kappa shape index (κ3) is 2.43. The van der Waals surface area contributed by atoms with E-state index in [2.05, 4.69) is 30.3 Å². The van der Waals surface area contributed by atoms with E-state index < -0.39 is 0 Å². The molecule has 0 saturated heterocycles. The monoisotopic (exact) mass is 264 g/mol. The standard InChI is InChI=1S/C14H20N2OS/c1-5-14(2,3)9-16-12-8-10(17-4)6-7-11(12)15-13(16)18/h6-8H,5,9H2,1-4H3,(H,15,18). The minimum atomic E-state index is 0.233. The Morgan fingerprint density at radius 1 is 1.39 bits per heavy atom. The number of aromatic nitrogens is 2. The number of imidazole rings is 1. The fraction of sp³-hybridized carbons (Fsp3) is 0.500. The summed E-state index contributed by atoms with van der Waals surface area (Å²) in [5.41, 5.74) is 2.41. The molecule has 0 spiro atoms. The number of fused-ring (bicyclic) bond motifs is 1. The fourth-order valence-electron chi connectivity index (χ4n) is 1.96. The summed E-state index contributed by atoms with van der Waals surface area (Å²) in [6.45, 7) is 7.64. The minimum Gasteiger partial charge on any atom is -0.497 e. The summed E-state index contributed by atoms with van der Waals surface area (Å²) < 4.78 is 8.22. The average Bonchev–Trinajstić information content (AvgIpc) is 2.65. The molecule has 0 saturated carbocycles. The van der Waals surface area contributed by atoms with Crippen molar-refractivity contribution in [3.8, 4) is 5.75 Å². The minimum absolute atomic E-state index is 0.233. The molecule has 0 radical (unpaired) electrons. The lowest BCUT2D eigenvalue weighted by Gasteiger charge is -2.23. The molecule has 0 atom stereocenters. The Morgan fingerprint density at radius 3 is 2.72 bits per heavy atom. The van der Waals surface area contributed by atoms with Gasteiger partial charge in [0.15, 0.2) is 4.77 Å². The summed E-state index contributed by atoms with van der Waals surface area (Å²) in [5.74, 6) is 0.861. The normalized spacial score (nSPS) is 12.0. The Hall–Kier alpha value is -1.29. The second kappa shape index (κ2) is 4.76. The predicted octanol–water partition coefficient (Wildman–Crippen LogP) is 4.14. The van der Waals surface area contributed by atoms with Gasteiger partial charge in [0.25, 0.3) is 0 Å². The molecule has 2 rings (SSSR count). The van der Waals surface area contributed by atoms with Crippen LogP contribution in [0.25, 0.3) is 11.0 Å². The van der Waals surface area contributed by atoms with Crippen molar-refractivity contribution >= 4 is 23.3 Å². The predicted molar refractivity (Wildman–Crippen MR) is 77.7 cm³/mol. The van der Waals surface area contributed by atoms with Crippen molar-refractivity contribution in [2.24, 2.45) is 5.41 Å². The van der Waals surface area contributed by atoms with Gasteiger partial charge in [0.1, 0.15) is 5.75 Å². The molecule has 3 nitrogen and oxygen atoms in total. The highest BCUT2D eigenvalue weighted by Crippen LogP contribution is 2.27. The van der Waals surface area contributed by atoms with E-state index in [9.17, 15) is 0 Å². The fourth-order valence-corrected chi connectivity index (χ4v) is 2.23. The Balaban J connectivity index is 2.55. The van der Waals surface area contributed by atoms with Crippen LogP contribution in [0.2, 0.25) is 0 Å². The first kappa shape index (κ1) is 13.1. The molecule has 1 N–H and O–H groups in total. The maximum absolute atomic E-state index is 5.41. The lowest BCUT2D eigenvalue weighted by atomic mass is 9.90. The molecule has 0 unspecified atom stereocenters. The first-order valence-corrected chi connectivity index (χ1v) is 6.64. The van der Waals surface area contributed by atoms with E-state index in [4.69, 9.17) is 17.0 Å². The number of H-pyrrole nitrogens is 1. The molecule has 0 fully saturated rings. The maximum atomic E-state index is 5.41. The van der Waals surface area contributed by atoms with E-state index in [-0.39, 0.29) is 5.41 Å². The molecule has 0 amide bonds. The third-order valence-corrected chi connectivity index (χ3v) is 3.85. The molecule has 0 bridgehead atoms. The first-order valence-electron chi connectivity index (χ1n) is 6.23. The van der Waals surface area contributed by atoms with E-state index in [1.807, 2.05) is 18.2 Å². The van der Waals surface area contributed by atoms with E-state index >= 15 is 0 Å². The number of nitrogens with one attached hydrogen (secondary N) is 1. The largest absolute Gasteiger partial charge is 0.497 e. The molecule has 1 aromatic carbocycles. The number of hydrogen-bond acceptors (Lipinski definition) is 2. The van der Waals surface area contributed by atoms with Gasteiger partial charge in [-0.1, -0.05) is 20.8 Å². The summed E-state index contributed by atoms with van der Waals surface area (Å²) >= 11 is 5.41. The van der Waals surface area contributed by atoms with Crippen LogP contribution < -0.4 is 4.74 Å². The number of benzene rings is 1. The zero-order valence-corrected chi connectivity index (χ0v) is 12.2. The van der Waals surface area contributed by atoms with Gasteiger partial charge < -0.3 is 14.3 Å². The van der Waals surface area contributed by atoms with Gasteiger partial charge in [-0.15, -0.1) is 0 Å². The smallest absolute Gasteiger partial charge is 0.178 e. The number of methoxy groups -OCH3 is 1. The van der Waals surface area contributed by atoms with Gasteiger partial charge >= 0.3 is 0 Å². The summed E-state index contributed by atoms with van der Waals surface area (Å²) in [7, 11) is 1.68. The van der Waals surface area contributed by atoms with Crippen molar-refractivity contribution in [3.05, 3.63) is 23.0 Å². The van der Waals surface area contributed by atoms with E-state index in [0.717, 1.165) is 34.5 Å². The third-order valence-electron chi connectivity index (χ3n) is 3.53. The van der Waals surface area contributed by atoms with Crippen LogP contribution >= 0.6 is 12.2 Å². The summed E-state index contributed by atoms with van der Waals surface area (Å²) in [4.78, 5) is 3.25. The van der Waals surface area contributed by atoms with Gasteiger partial charge in [0.05, 0.1) is 18.1 Å². The number of ether oxygens (including phenoxy) is 1. The molecule has 1 heterocycles. The van der Waals surface area contributed by atoms with Crippen LogP contribution in [-0.2, 0) is 6.54 Å². The highest BCUT2D eigenvalue weighted by Gasteiger charge is 2.18. The molecular formula is C14H20N2OS. The Morgan fingerprint density at radius 2 is 2.11 bits per heavy atom. The van der Waals surface area contributed by atoms with E-state index in [0.29, 0.717) is 0 Å². The molecule has 0 aliphatic rings. The van der Waals surface area contributed by atoms with Gasteiger partial charge in [-0.05, 0) is 36.2 Å². The van der Waals surface area contributed by atoms with Crippen molar-refractivity contribution in [3.63, 3.8) is 0 Å². The molecule has 98 valence electrons. The topological polar surface area (TPSA) is 29.9 Å². The molecule has 2 aromatic rings. The molecule has 4 heteroatoms. The average molecular weight is 264 g/mol. The quantitative estimate of drug-likeness (QED) is 0.841. The number of aromatic amines is 1. The summed E-state index contributed by atoms with van der Waals surface area (Å²) in [6, 6.07) is 6.00. The van der Waals surface area contributed by atoms with Crippen LogP contribution in [0.3, 0.4) is 0 Å². The van der Waals surface area contributed by atoms with Crippen molar-refractivity contribution in [1.82, 2.24) is 9.55 Å². The number of rotatable bonds is 4. The van der Waals surface area contributed by atoms with Crippen molar-refractivity contribution < 1.29 is 4.74 Å². The molecule has 18 heavy (non-hydrogen) atoms. The maximum Gasteiger partial charge on any atom is 0.178 e. The van der Waals surface area contributed by atoms with Crippen LogP contribution in [0.15, 0.2) is 18.2 Å². The van der Waals surface area contributed by atoms with Crippen LogP contribution in [-0.4, -0.2) is 16.7 Å². The molecule has 0 aliphatic carbocycles. The van der Waals surface area contributed by atoms with E-state index in [1.54, 1.807) is 7.11 Å². The summed E-state index contributed by atoms with van der Waals surface area (Å²) in [5, 5.41) is 0. The summed E-state index contributed by atoms with van der Waals surface area (Å²) in [6.07, 6.45) is 1.12. The lowest BCUT2D eigenvalue weighted by molar-refractivity contribution is 0.297. The van der Waals surface area contributed by atoms with E-state index in [1.165, 1.54) is 0 Å². The molecular weight excluding hydrogens is 244 g/mol. The molecule has 1 aromatic heterocycles. The van der Waals surface area contributed by atoms with Crippen molar-refractivity contribution in [2.75, 3.05) is 7.11 Å². The van der Waals surface area contributed by atoms with Crippen LogP contribution in [0, 0.1) is 10.2 Å². The van der Waals surface area contributed by atoms with Crippen LogP contribution in [0.1, 0.15) is 27.2 Å². The second-order valence-corrected chi connectivity index (χ2v) is 5.80.